The molecule has 2 atom stereocenters. The van der Waals surface area contributed by atoms with E-state index in [1.807, 2.05) is 27.7 Å². The Morgan fingerprint density at radius 2 is 1.78 bits per heavy atom. The highest BCUT2D eigenvalue weighted by molar-refractivity contribution is 5.96. The largest absolute Gasteiger partial charge is 0.383 e. The fraction of sp³-hybridized carbons (Fsp3) is 0.792. The predicted octanol–water partition coefficient (Wildman–Crippen LogP) is 2.96. The van der Waals surface area contributed by atoms with Crippen LogP contribution in [0.25, 0.3) is 0 Å². The van der Waals surface area contributed by atoms with Gasteiger partial charge in [-0.2, -0.15) is 0 Å². The van der Waals surface area contributed by atoms with Crippen LogP contribution in [0.2, 0.25) is 0 Å². The van der Waals surface area contributed by atoms with Crippen molar-refractivity contribution >= 4 is 17.4 Å². The first-order valence-corrected chi connectivity index (χ1v) is 12.0. The van der Waals surface area contributed by atoms with Crippen molar-refractivity contribution < 1.29 is 4.79 Å². The third-order valence-electron chi connectivity index (χ3n) is 6.27. The van der Waals surface area contributed by atoms with Gasteiger partial charge < -0.3 is 16.0 Å². The van der Waals surface area contributed by atoms with Crippen molar-refractivity contribution in [3.05, 3.63) is 20.8 Å². The highest BCUT2D eigenvalue weighted by atomic mass is 16.2. The molecule has 4 N–H and O–H groups in total. The Morgan fingerprint density at radius 1 is 1.16 bits per heavy atom. The second kappa shape index (κ2) is 10.7. The minimum absolute atomic E-state index is 0.0479. The summed E-state index contributed by atoms with van der Waals surface area (Å²) in [5.41, 5.74) is 5.36. The Labute approximate surface area is 192 Å². The summed E-state index contributed by atoms with van der Waals surface area (Å²) in [6, 6.07) is 0.263. The normalized spacial score (nSPS) is 19.5. The molecule has 0 aromatic carbocycles. The number of anilines is 2. The summed E-state index contributed by atoms with van der Waals surface area (Å²) in [4.78, 5) is 42.3. The highest BCUT2D eigenvalue weighted by Gasteiger charge is 2.34. The molecule has 8 nitrogen and oxygen atoms in total. The SMILES string of the molecule is CC(C)CN(C(=O)CNC1CCCCC1C(C)(C)C)c1c(N)n(CC(C)C)c(=O)[nH]c1=O. The molecule has 2 unspecified atom stereocenters. The van der Waals surface area contributed by atoms with Crippen LogP contribution in [0.1, 0.15) is 74.1 Å². The number of nitrogens with two attached hydrogens (primary N) is 1. The summed E-state index contributed by atoms with van der Waals surface area (Å²) in [5.74, 6) is 0.616. The molecule has 0 saturated heterocycles. The second-order valence-electron chi connectivity index (χ2n) is 11.1. The number of carbonyl (C=O) groups excluding carboxylic acids is 1. The Morgan fingerprint density at radius 3 is 2.34 bits per heavy atom. The maximum Gasteiger partial charge on any atom is 0.330 e. The van der Waals surface area contributed by atoms with Crippen molar-refractivity contribution in [2.45, 2.75) is 86.7 Å². The molecule has 0 radical (unpaired) electrons. The van der Waals surface area contributed by atoms with E-state index in [9.17, 15) is 14.4 Å². The molecule has 1 aliphatic carbocycles. The van der Waals surface area contributed by atoms with E-state index < -0.39 is 11.2 Å². The number of carbonyl (C=O) groups is 1. The Balaban J connectivity index is 2.33. The first-order chi connectivity index (χ1) is 14.8. The van der Waals surface area contributed by atoms with E-state index >= 15 is 0 Å². The Kier molecular flexibility index (Phi) is 8.74. The lowest BCUT2D eigenvalue weighted by Crippen LogP contribution is -2.50. The molecule has 1 aromatic heterocycles. The zero-order chi connectivity index (χ0) is 24.2. The van der Waals surface area contributed by atoms with E-state index in [0.29, 0.717) is 19.0 Å². The van der Waals surface area contributed by atoms with Gasteiger partial charge in [-0.25, -0.2) is 4.79 Å². The zero-order valence-electron chi connectivity index (χ0n) is 21.0. The summed E-state index contributed by atoms with van der Waals surface area (Å²) in [7, 11) is 0. The molecule has 1 aromatic rings. The fourth-order valence-electron chi connectivity index (χ4n) is 4.79. The maximum absolute atomic E-state index is 13.4. The molecule has 0 bridgehead atoms. The van der Waals surface area contributed by atoms with Gasteiger partial charge in [-0.3, -0.25) is 19.1 Å². The van der Waals surface area contributed by atoms with E-state index in [0.717, 1.165) is 19.3 Å². The van der Waals surface area contributed by atoms with E-state index in [4.69, 9.17) is 5.73 Å². The fourth-order valence-corrected chi connectivity index (χ4v) is 4.79. The van der Waals surface area contributed by atoms with Crippen molar-refractivity contribution in [2.24, 2.45) is 23.2 Å². The molecule has 182 valence electrons. The molecule has 2 rings (SSSR count). The molecule has 1 fully saturated rings. The number of aromatic amines is 1. The Bertz CT molecular complexity index is 894. The smallest absolute Gasteiger partial charge is 0.330 e. The van der Waals surface area contributed by atoms with E-state index in [-0.39, 0.29) is 47.2 Å². The third kappa shape index (κ3) is 6.47. The lowest BCUT2D eigenvalue weighted by Gasteiger charge is -2.41. The molecule has 1 aliphatic rings. The van der Waals surface area contributed by atoms with Gasteiger partial charge in [0, 0.05) is 19.1 Å². The van der Waals surface area contributed by atoms with Gasteiger partial charge >= 0.3 is 5.69 Å². The number of nitrogens with one attached hydrogen (secondary N) is 2. The monoisotopic (exact) mass is 449 g/mol. The average molecular weight is 450 g/mol. The number of hydrogen-bond acceptors (Lipinski definition) is 5. The van der Waals surface area contributed by atoms with Crippen LogP contribution in [-0.2, 0) is 11.3 Å². The molecule has 1 amide bonds. The van der Waals surface area contributed by atoms with Crippen LogP contribution in [0.4, 0.5) is 11.5 Å². The summed E-state index contributed by atoms with van der Waals surface area (Å²) in [6.45, 7) is 15.5. The van der Waals surface area contributed by atoms with Gasteiger partial charge in [0.15, 0.2) is 5.69 Å². The molecular formula is C24H43N5O3. The van der Waals surface area contributed by atoms with Crippen molar-refractivity contribution in [2.75, 3.05) is 23.7 Å². The number of nitrogens with zero attached hydrogens (tertiary/aromatic N) is 2. The number of hydrogen-bond donors (Lipinski definition) is 3. The van der Waals surface area contributed by atoms with Gasteiger partial charge in [0.2, 0.25) is 5.91 Å². The quantitative estimate of drug-likeness (QED) is 0.565. The van der Waals surface area contributed by atoms with Gasteiger partial charge in [-0.05, 0) is 36.0 Å². The van der Waals surface area contributed by atoms with Crippen LogP contribution in [0, 0.1) is 23.2 Å². The van der Waals surface area contributed by atoms with Gasteiger partial charge in [-0.15, -0.1) is 0 Å². The average Bonchev–Trinajstić information content (AvgIpc) is 2.67. The lowest BCUT2D eigenvalue weighted by atomic mass is 9.69. The van der Waals surface area contributed by atoms with E-state index in [1.54, 1.807) is 0 Å². The van der Waals surface area contributed by atoms with Crippen LogP contribution >= 0.6 is 0 Å². The summed E-state index contributed by atoms with van der Waals surface area (Å²) in [5, 5.41) is 3.49. The summed E-state index contributed by atoms with van der Waals surface area (Å²) in [6.07, 6.45) is 4.57. The number of aromatic nitrogens is 2. The molecule has 8 heteroatoms. The van der Waals surface area contributed by atoms with E-state index in [1.165, 1.54) is 15.9 Å². The minimum Gasteiger partial charge on any atom is -0.383 e. The van der Waals surface area contributed by atoms with Crippen LogP contribution in [0.5, 0.6) is 0 Å². The molecule has 1 heterocycles. The first-order valence-electron chi connectivity index (χ1n) is 12.0. The van der Waals surface area contributed by atoms with Crippen molar-refractivity contribution in [3.8, 4) is 0 Å². The summed E-state index contributed by atoms with van der Waals surface area (Å²) < 4.78 is 1.35. The first kappa shape index (κ1) is 26.2. The number of rotatable bonds is 8. The van der Waals surface area contributed by atoms with Crippen molar-refractivity contribution in [1.29, 1.82) is 0 Å². The maximum atomic E-state index is 13.4. The molecule has 0 spiro atoms. The van der Waals surface area contributed by atoms with Gasteiger partial charge in [0.1, 0.15) is 5.82 Å². The zero-order valence-corrected chi connectivity index (χ0v) is 21.0. The van der Waals surface area contributed by atoms with Gasteiger partial charge in [0.05, 0.1) is 6.54 Å². The number of amides is 1. The van der Waals surface area contributed by atoms with Crippen LogP contribution in [0.15, 0.2) is 9.59 Å². The third-order valence-corrected chi connectivity index (χ3v) is 6.27. The highest BCUT2D eigenvalue weighted by Crippen LogP contribution is 2.38. The van der Waals surface area contributed by atoms with Crippen molar-refractivity contribution in [3.63, 3.8) is 0 Å². The topological polar surface area (TPSA) is 113 Å². The number of H-pyrrole nitrogens is 1. The second-order valence-corrected chi connectivity index (χ2v) is 11.1. The van der Waals surface area contributed by atoms with Crippen molar-refractivity contribution in [1.82, 2.24) is 14.9 Å². The lowest BCUT2D eigenvalue weighted by molar-refractivity contribution is -0.118. The summed E-state index contributed by atoms with van der Waals surface area (Å²) >= 11 is 0. The molecule has 32 heavy (non-hydrogen) atoms. The Hall–Kier alpha value is -2.09. The van der Waals surface area contributed by atoms with Crippen LogP contribution in [0.3, 0.4) is 0 Å². The molecule has 1 saturated carbocycles. The van der Waals surface area contributed by atoms with E-state index in [2.05, 4.69) is 31.1 Å². The number of nitrogen functional groups attached to an aromatic ring is 1. The minimum atomic E-state index is -0.619. The standard InChI is InChI=1S/C24H43N5O3/c1-15(2)13-28(20-21(25)29(14-16(3)4)23(32)27-22(20)31)19(30)12-26-18-11-9-8-10-17(18)24(5,6)7/h15-18,26H,8-14,25H2,1-7H3,(H,27,31,32). The van der Waals surface area contributed by atoms with Crippen LogP contribution in [-0.4, -0.2) is 34.6 Å². The molecular weight excluding hydrogens is 406 g/mol. The van der Waals surface area contributed by atoms with Gasteiger partial charge in [-0.1, -0.05) is 61.3 Å². The molecule has 0 aliphatic heterocycles. The van der Waals surface area contributed by atoms with Gasteiger partial charge in [0.25, 0.3) is 5.56 Å². The predicted molar refractivity (Wildman–Crippen MR) is 131 cm³/mol. The van der Waals surface area contributed by atoms with Crippen LogP contribution < -0.4 is 27.2 Å².